The van der Waals surface area contributed by atoms with Crippen molar-refractivity contribution < 1.29 is 17.2 Å². The normalized spacial score (nSPS) is 11.7. The number of hydrogen-bond acceptors (Lipinski definition) is 7. The molecule has 200 valence electrons. The molecule has 2 N–H and O–H groups in total. The van der Waals surface area contributed by atoms with Crippen molar-refractivity contribution in [2.45, 2.75) is 11.8 Å². The Labute approximate surface area is 231 Å². The fourth-order valence-corrected chi connectivity index (χ4v) is 5.83. The second-order valence-corrected chi connectivity index (χ2v) is 10.8. The van der Waals surface area contributed by atoms with Crippen LogP contribution >= 0.6 is 11.6 Å². The van der Waals surface area contributed by atoms with Crippen molar-refractivity contribution in [2.75, 3.05) is 10.0 Å². The minimum absolute atomic E-state index is 0.00382. The Bertz CT molecular complexity index is 2050. The first-order valence-electron chi connectivity index (χ1n) is 11.8. The predicted octanol–water partition coefficient (Wildman–Crippen LogP) is 6.15. The number of benzene rings is 3. The van der Waals surface area contributed by atoms with E-state index in [1.54, 1.807) is 36.0 Å². The molecular formula is C27H18ClF2N7O2S. The van der Waals surface area contributed by atoms with Crippen LogP contribution in [0.1, 0.15) is 5.56 Å². The van der Waals surface area contributed by atoms with Gasteiger partial charge in [-0.2, -0.15) is 0 Å². The minimum Gasteiger partial charge on any atom is -0.333 e. The number of imidazole rings is 1. The number of hydrogen-bond donors (Lipinski definition) is 2. The standard InChI is InChI=1S/C27H18ClF2N7O2S/c1-15-5-4-8-21(23(15)28)40(38,39)36-18-10-9-16(29)25(24(18)30)35-27-26-19(31-13-32-27)11-12-22(34-26)37-14-33-17-6-2-3-7-20(17)37/h2-14,36H,1H3,(H,31,32,35). The van der Waals surface area contributed by atoms with Crippen LogP contribution in [0.2, 0.25) is 5.02 Å². The molecule has 3 heterocycles. The first-order valence-corrected chi connectivity index (χ1v) is 13.7. The molecule has 0 amide bonds. The number of nitrogens with zero attached hydrogens (tertiary/aromatic N) is 5. The summed E-state index contributed by atoms with van der Waals surface area (Å²) in [6.45, 7) is 1.64. The lowest BCUT2D eigenvalue weighted by Gasteiger charge is -2.15. The van der Waals surface area contributed by atoms with E-state index in [0.717, 1.165) is 23.2 Å². The Hall–Kier alpha value is -4.68. The highest BCUT2D eigenvalue weighted by Crippen LogP contribution is 2.33. The summed E-state index contributed by atoms with van der Waals surface area (Å²) in [7, 11) is -4.29. The first-order chi connectivity index (χ1) is 19.2. The van der Waals surface area contributed by atoms with E-state index in [4.69, 9.17) is 11.6 Å². The summed E-state index contributed by atoms with van der Waals surface area (Å²) in [5, 5.41) is 2.63. The molecule has 0 aliphatic heterocycles. The van der Waals surface area contributed by atoms with E-state index < -0.39 is 33.0 Å². The Morgan fingerprint density at radius 1 is 0.900 bits per heavy atom. The van der Waals surface area contributed by atoms with E-state index in [9.17, 15) is 12.8 Å². The zero-order valence-corrected chi connectivity index (χ0v) is 22.2. The monoisotopic (exact) mass is 577 g/mol. The summed E-state index contributed by atoms with van der Waals surface area (Å²) in [5.41, 5.74) is 1.63. The molecule has 40 heavy (non-hydrogen) atoms. The van der Waals surface area contributed by atoms with Gasteiger partial charge >= 0.3 is 0 Å². The lowest BCUT2D eigenvalue weighted by atomic mass is 10.2. The van der Waals surface area contributed by atoms with Crippen LogP contribution < -0.4 is 10.0 Å². The van der Waals surface area contributed by atoms with Gasteiger partial charge in [-0.05, 0) is 55.0 Å². The topological polar surface area (TPSA) is 115 Å². The summed E-state index contributed by atoms with van der Waals surface area (Å²) in [5.74, 6) is -1.67. The lowest BCUT2D eigenvalue weighted by molar-refractivity contribution is 0.588. The van der Waals surface area contributed by atoms with Crippen LogP contribution in [0.4, 0.5) is 26.0 Å². The van der Waals surface area contributed by atoms with E-state index >= 15 is 4.39 Å². The molecule has 9 nitrogen and oxygen atoms in total. The molecule has 0 aliphatic carbocycles. The third-order valence-electron chi connectivity index (χ3n) is 6.19. The SMILES string of the molecule is Cc1cccc(S(=O)(=O)Nc2ccc(F)c(Nc3ncnc4ccc(-n5cnc6ccccc65)nc34)c2F)c1Cl. The first kappa shape index (κ1) is 25.6. The van der Waals surface area contributed by atoms with Gasteiger partial charge in [0.25, 0.3) is 10.0 Å². The lowest BCUT2D eigenvalue weighted by Crippen LogP contribution is -2.15. The maximum absolute atomic E-state index is 15.6. The maximum atomic E-state index is 15.6. The van der Waals surface area contributed by atoms with Crippen molar-refractivity contribution in [3.05, 3.63) is 102 Å². The summed E-state index contributed by atoms with van der Waals surface area (Å²) in [4.78, 5) is 17.1. The Balaban J connectivity index is 1.39. The van der Waals surface area contributed by atoms with Crippen LogP contribution in [0, 0.1) is 18.6 Å². The zero-order valence-electron chi connectivity index (χ0n) is 20.6. The van der Waals surface area contributed by atoms with Crippen LogP contribution in [0.5, 0.6) is 0 Å². The van der Waals surface area contributed by atoms with Crippen LogP contribution in [0.25, 0.3) is 27.9 Å². The van der Waals surface area contributed by atoms with Gasteiger partial charge in [0.15, 0.2) is 11.6 Å². The highest BCUT2D eigenvalue weighted by Gasteiger charge is 2.23. The van der Waals surface area contributed by atoms with Gasteiger partial charge in [-0.25, -0.2) is 37.1 Å². The molecule has 6 aromatic rings. The van der Waals surface area contributed by atoms with Gasteiger partial charge in [-0.3, -0.25) is 9.29 Å². The number of para-hydroxylation sites is 2. The van der Waals surface area contributed by atoms with Gasteiger partial charge in [0.1, 0.15) is 40.4 Å². The second-order valence-electron chi connectivity index (χ2n) is 8.76. The number of aromatic nitrogens is 5. The van der Waals surface area contributed by atoms with Crippen molar-refractivity contribution >= 4 is 60.9 Å². The van der Waals surface area contributed by atoms with Crippen molar-refractivity contribution in [1.29, 1.82) is 0 Å². The number of rotatable bonds is 6. The van der Waals surface area contributed by atoms with Crippen LogP contribution in [-0.2, 0) is 10.0 Å². The van der Waals surface area contributed by atoms with E-state index in [1.807, 2.05) is 24.3 Å². The molecule has 0 atom stereocenters. The number of pyridine rings is 1. The van der Waals surface area contributed by atoms with Gasteiger partial charge in [0.2, 0.25) is 0 Å². The highest BCUT2D eigenvalue weighted by molar-refractivity contribution is 7.92. The molecule has 0 radical (unpaired) electrons. The number of halogens is 3. The molecule has 0 saturated heterocycles. The largest absolute Gasteiger partial charge is 0.333 e. The highest BCUT2D eigenvalue weighted by atomic mass is 35.5. The fraction of sp³-hybridized carbons (Fsp3) is 0.0370. The summed E-state index contributed by atoms with van der Waals surface area (Å²) in [6.07, 6.45) is 2.84. The molecule has 6 rings (SSSR count). The van der Waals surface area contributed by atoms with Gasteiger partial charge in [-0.1, -0.05) is 35.9 Å². The molecule has 3 aromatic carbocycles. The van der Waals surface area contributed by atoms with E-state index in [1.165, 1.54) is 18.5 Å². The van der Waals surface area contributed by atoms with Crippen molar-refractivity contribution in [3.63, 3.8) is 0 Å². The average molecular weight is 578 g/mol. The molecule has 0 saturated carbocycles. The summed E-state index contributed by atoms with van der Waals surface area (Å²) < 4.78 is 60.4. The number of sulfonamides is 1. The number of nitrogens with one attached hydrogen (secondary N) is 2. The molecule has 3 aromatic heterocycles. The molecule has 0 aliphatic rings. The maximum Gasteiger partial charge on any atom is 0.263 e. The van der Waals surface area contributed by atoms with E-state index in [0.29, 0.717) is 16.9 Å². The Morgan fingerprint density at radius 2 is 1.73 bits per heavy atom. The van der Waals surface area contributed by atoms with Crippen molar-refractivity contribution in [1.82, 2.24) is 24.5 Å². The van der Waals surface area contributed by atoms with E-state index in [-0.39, 0.29) is 21.3 Å². The average Bonchev–Trinajstić information content (AvgIpc) is 3.38. The van der Waals surface area contributed by atoms with Gasteiger partial charge in [0.05, 0.1) is 27.3 Å². The minimum atomic E-state index is -4.29. The van der Waals surface area contributed by atoms with Crippen LogP contribution in [0.15, 0.2) is 84.3 Å². The molecule has 0 fully saturated rings. The van der Waals surface area contributed by atoms with Crippen molar-refractivity contribution in [2.24, 2.45) is 0 Å². The third-order valence-corrected chi connectivity index (χ3v) is 8.21. The van der Waals surface area contributed by atoms with Crippen LogP contribution in [-0.4, -0.2) is 32.9 Å². The van der Waals surface area contributed by atoms with Gasteiger partial charge in [0, 0.05) is 0 Å². The molecular weight excluding hydrogens is 560 g/mol. The van der Waals surface area contributed by atoms with Gasteiger partial charge in [-0.15, -0.1) is 0 Å². The smallest absolute Gasteiger partial charge is 0.263 e. The Morgan fingerprint density at radius 3 is 2.58 bits per heavy atom. The molecule has 0 spiro atoms. The van der Waals surface area contributed by atoms with Gasteiger partial charge < -0.3 is 5.32 Å². The fourth-order valence-electron chi connectivity index (χ4n) is 4.19. The molecule has 13 heteroatoms. The quantitative estimate of drug-likeness (QED) is 0.244. The summed E-state index contributed by atoms with van der Waals surface area (Å²) in [6, 6.07) is 17.3. The number of fused-ring (bicyclic) bond motifs is 2. The van der Waals surface area contributed by atoms with Crippen LogP contribution in [0.3, 0.4) is 0 Å². The Kier molecular flexibility index (Phi) is 6.28. The van der Waals surface area contributed by atoms with Crippen molar-refractivity contribution in [3.8, 4) is 5.82 Å². The molecule has 0 bridgehead atoms. The second kappa shape index (κ2) is 9.81. The number of anilines is 3. The predicted molar refractivity (Wildman–Crippen MR) is 149 cm³/mol. The summed E-state index contributed by atoms with van der Waals surface area (Å²) >= 11 is 6.17. The van der Waals surface area contributed by atoms with E-state index in [2.05, 4.69) is 30.0 Å². The number of aryl methyl sites for hydroxylation is 1. The molecule has 0 unspecified atom stereocenters. The zero-order chi connectivity index (χ0) is 28.0. The third kappa shape index (κ3) is 4.46.